The zero-order chi connectivity index (χ0) is 16.7. The van der Waals surface area contributed by atoms with Crippen LogP contribution in [0.3, 0.4) is 0 Å². The Labute approximate surface area is 138 Å². The van der Waals surface area contributed by atoms with E-state index in [1.54, 1.807) is 30.3 Å². The number of anilines is 2. The summed E-state index contributed by atoms with van der Waals surface area (Å²) in [6, 6.07) is 10.9. The van der Waals surface area contributed by atoms with Crippen LogP contribution in [0, 0.1) is 5.82 Å². The van der Waals surface area contributed by atoms with Gasteiger partial charge < -0.3 is 15.2 Å². The molecule has 0 atom stereocenters. The second-order valence-corrected chi connectivity index (χ2v) is 4.99. The van der Waals surface area contributed by atoms with E-state index in [-0.39, 0.29) is 24.9 Å². The topological polar surface area (TPSA) is 73.6 Å². The Kier molecular flexibility index (Phi) is 6.05. The van der Waals surface area contributed by atoms with E-state index in [9.17, 15) is 9.18 Å². The van der Waals surface area contributed by atoms with Crippen LogP contribution in [0.4, 0.5) is 20.6 Å². The zero-order valence-corrected chi connectivity index (χ0v) is 13.0. The number of alkyl halides is 1. The summed E-state index contributed by atoms with van der Waals surface area (Å²) in [5, 5.41) is 2.51. The molecule has 0 aliphatic carbocycles. The summed E-state index contributed by atoms with van der Waals surface area (Å²) in [4.78, 5) is 11.4. The van der Waals surface area contributed by atoms with Gasteiger partial charge in [-0.2, -0.15) is 0 Å². The van der Waals surface area contributed by atoms with Crippen molar-refractivity contribution in [3.05, 3.63) is 53.8 Å². The maximum atomic E-state index is 12.8. The number of halogens is 2. The highest BCUT2D eigenvalue weighted by Crippen LogP contribution is 2.25. The van der Waals surface area contributed by atoms with Gasteiger partial charge in [0, 0.05) is 6.07 Å². The van der Waals surface area contributed by atoms with Crippen LogP contribution in [-0.2, 0) is 11.3 Å². The van der Waals surface area contributed by atoms with Gasteiger partial charge in [-0.1, -0.05) is 12.1 Å². The van der Waals surface area contributed by atoms with E-state index in [0.717, 1.165) is 5.56 Å². The van der Waals surface area contributed by atoms with Crippen LogP contribution in [0.25, 0.3) is 0 Å². The lowest BCUT2D eigenvalue weighted by Crippen LogP contribution is -2.15. The minimum Gasteiger partial charge on any atom is -0.489 e. The molecule has 0 aliphatic rings. The first-order valence-electron chi connectivity index (χ1n) is 6.85. The highest BCUT2D eigenvalue weighted by molar-refractivity contribution is 6.18. The van der Waals surface area contributed by atoms with E-state index in [2.05, 4.69) is 5.32 Å². The van der Waals surface area contributed by atoms with E-state index in [0.29, 0.717) is 17.1 Å². The molecule has 0 saturated carbocycles. The van der Waals surface area contributed by atoms with Gasteiger partial charge in [-0.15, -0.1) is 11.6 Å². The van der Waals surface area contributed by atoms with Gasteiger partial charge in [0.2, 0.25) is 0 Å². The lowest BCUT2D eigenvalue weighted by atomic mass is 10.2. The molecule has 1 amide bonds. The van der Waals surface area contributed by atoms with E-state index in [1.807, 2.05) is 0 Å². The Morgan fingerprint density at radius 3 is 2.61 bits per heavy atom. The van der Waals surface area contributed by atoms with Crippen molar-refractivity contribution < 1.29 is 18.7 Å². The van der Waals surface area contributed by atoms with Crippen LogP contribution in [0.15, 0.2) is 42.5 Å². The molecule has 0 fully saturated rings. The lowest BCUT2D eigenvalue weighted by Gasteiger charge is -2.11. The van der Waals surface area contributed by atoms with Gasteiger partial charge in [0.1, 0.15) is 24.8 Å². The monoisotopic (exact) mass is 338 g/mol. The van der Waals surface area contributed by atoms with Crippen LogP contribution < -0.4 is 15.8 Å². The number of benzene rings is 2. The molecule has 0 heterocycles. The van der Waals surface area contributed by atoms with Crippen molar-refractivity contribution in [2.75, 3.05) is 23.5 Å². The fourth-order valence-corrected chi connectivity index (χ4v) is 1.85. The Balaban J connectivity index is 1.93. The number of nitrogen functional groups attached to an aromatic ring is 1. The van der Waals surface area contributed by atoms with Crippen molar-refractivity contribution in [3.63, 3.8) is 0 Å². The second kappa shape index (κ2) is 8.24. The average Bonchev–Trinajstić information content (AvgIpc) is 2.54. The van der Waals surface area contributed by atoms with Crippen molar-refractivity contribution in [1.82, 2.24) is 0 Å². The highest BCUT2D eigenvalue weighted by Gasteiger charge is 2.07. The van der Waals surface area contributed by atoms with Crippen molar-refractivity contribution in [3.8, 4) is 5.75 Å². The first-order chi connectivity index (χ1) is 11.1. The molecule has 0 bridgehead atoms. The summed E-state index contributed by atoms with van der Waals surface area (Å²) < 4.78 is 23.2. The molecule has 2 aromatic carbocycles. The van der Waals surface area contributed by atoms with Crippen LogP contribution in [0.2, 0.25) is 0 Å². The van der Waals surface area contributed by atoms with Crippen LogP contribution in [0.1, 0.15) is 5.56 Å². The number of carbonyl (C=O) groups is 1. The summed E-state index contributed by atoms with van der Waals surface area (Å²) >= 11 is 5.43. The standard InChI is InChI=1S/C16H16ClFN2O3/c17-7-8-22-16(21)20-15-6-5-13(9-14(15)19)23-10-11-1-3-12(18)4-2-11/h1-6,9H,7-8,10,19H2,(H,20,21). The third-order valence-corrected chi connectivity index (χ3v) is 3.04. The summed E-state index contributed by atoms with van der Waals surface area (Å²) in [5.74, 6) is 0.458. The Bertz CT molecular complexity index is 665. The van der Waals surface area contributed by atoms with Gasteiger partial charge in [-0.25, -0.2) is 9.18 Å². The highest BCUT2D eigenvalue weighted by atomic mass is 35.5. The number of nitrogens with two attached hydrogens (primary N) is 1. The van der Waals surface area contributed by atoms with Gasteiger partial charge in [0.15, 0.2) is 0 Å². The first kappa shape index (κ1) is 16.9. The van der Waals surface area contributed by atoms with Gasteiger partial charge in [-0.05, 0) is 29.8 Å². The van der Waals surface area contributed by atoms with E-state index in [4.69, 9.17) is 26.8 Å². The largest absolute Gasteiger partial charge is 0.489 e. The maximum Gasteiger partial charge on any atom is 0.411 e. The number of carbonyl (C=O) groups excluding carboxylic acids is 1. The minimum absolute atomic E-state index is 0.117. The molecular weight excluding hydrogens is 323 g/mol. The summed E-state index contributed by atoms with van der Waals surface area (Å²) in [6.45, 7) is 0.399. The van der Waals surface area contributed by atoms with Gasteiger partial charge in [0.05, 0.1) is 17.3 Å². The fourth-order valence-electron chi connectivity index (χ4n) is 1.77. The Hall–Kier alpha value is -2.47. The molecule has 0 radical (unpaired) electrons. The molecule has 7 heteroatoms. The Morgan fingerprint density at radius 1 is 1.22 bits per heavy atom. The second-order valence-electron chi connectivity index (χ2n) is 4.61. The first-order valence-corrected chi connectivity index (χ1v) is 7.38. The summed E-state index contributed by atoms with van der Waals surface area (Å²) in [5.41, 5.74) is 7.44. The average molecular weight is 339 g/mol. The molecule has 122 valence electrons. The molecule has 2 rings (SSSR count). The van der Waals surface area contributed by atoms with E-state index in [1.165, 1.54) is 12.1 Å². The predicted molar refractivity (Wildman–Crippen MR) is 87.3 cm³/mol. The molecule has 0 unspecified atom stereocenters. The number of ether oxygens (including phenoxy) is 2. The summed E-state index contributed by atoms with van der Waals surface area (Å²) in [7, 11) is 0. The molecule has 23 heavy (non-hydrogen) atoms. The van der Waals surface area contributed by atoms with Gasteiger partial charge >= 0.3 is 6.09 Å². The van der Waals surface area contributed by atoms with Crippen LogP contribution in [-0.4, -0.2) is 18.6 Å². The third kappa shape index (κ3) is 5.34. The smallest absolute Gasteiger partial charge is 0.411 e. The normalized spacial score (nSPS) is 10.2. The molecule has 0 spiro atoms. The molecule has 0 aliphatic heterocycles. The maximum absolute atomic E-state index is 12.8. The quantitative estimate of drug-likeness (QED) is 0.621. The molecule has 0 aromatic heterocycles. The summed E-state index contributed by atoms with van der Waals surface area (Å²) in [6.07, 6.45) is -0.627. The molecular formula is C16H16ClFN2O3. The number of hydrogen-bond donors (Lipinski definition) is 2. The molecule has 0 saturated heterocycles. The van der Waals surface area contributed by atoms with E-state index >= 15 is 0 Å². The van der Waals surface area contributed by atoms with E-state index < -0.39 is 6.09 Å². The zero-order valence-electron chi connectivity index (χ0n) is 12.2. The molecule has 2 aromatic rings. The minimum atomic E-state index is -0.627. The Morgan fingerprint density at radius 2 is 1.96 bits per heavy atom. The van der Waals surface area contributed by atoms with Crippen LogP contribution >= 0.6 is 11.6 Å². The molecule has 5 nitrogen and oxygen atoms in total. The third-order valence-electron chi connectivity index (χ3n) is 2.89. The van der Waals surface area contributed by atoms with Gasteiger partial charge in [-0.3, -0.25) is 5.32 Å². The molecule has 3 N–H and O–H groups in total. The van der Waals surface area contributed by atoms with Crippen LogP contribution in [0.5, 0.6) is 5.75 Å². The fraction of sp³-hybridized carbons (Fsp3) is 0.188. The number of amides is 1. The number of rotatable bonds is 6. The van der Waals surface area contributed by atoms with Crippen molar-refractivity contribution >= 4 is 29.1 Å². The van der Waals surface area contributed by atoms with Crippen molar-refractivity contribution in [2.45, 2.75) is 6.61 Å². The SMILES string of the molecule is Nc1cc(OCc2ccc(F)cc2)ccc1NC(=O)OCCCl. The number of nitrogens with one attached hydrogen (secondary N) is 1. The lowest BCUT2D eigenvalue weighted by molar-refractivity contribution is 0.168. The van der Waals surface area contributed by atoms with Gasteiger partial charge in [0.25, 0.3) is 0 Å². The predicted octanol–water partition coefficient (Wildman–Crippen LogP) is 3.77. The van der Waals surface area contributed by atoms with Crippen molar-refractivity contribution in [1.29, 1.82) is 0 Å². The van der Waals surface area contributed by atoms with Crippen molar-refractivity contribution in [2.24, 2.45) is 0 Å². The number of hydrogen-bond acceptors (Lipinski definition) is 4.